The van der Waals surface area contributed by atoms with Crippen molar-refractivity contribution in [2.45, 2.75) is 16.0 Å². The van der Waals surface area contributed by atoms with Crippen LogP contribution < -0.4 is 9.47 Å². The maximum atomic E-state index is 13.3. The zero-order valence-electron chi connectivity index (χ0n) is 12.9. The van der Waals surface area contributed by atoms with Gasteiger partial charge in [0.15, 0.2) is 0 Å². The van der Waals surface area contributed by atoms with Gasteiger partial charge in [0, 0.05) is 11.1 Å². The molecule has 0 radical (unpaired) electrons. The molecule has 2 aromatic carbocycles. The minimum absolute atomic E-state index is 0.216. The van der Waals surface area contributed by atoms with Crippen LogP contribution in [0.25, 0.3) is 0 Å². The lowest BCUT2D eigenvalue weighted by Gasteiger charge is -2.17. The highest BCUT2D eigenvalue weighted by Crippen LogP contribution is 2.44. The molecule has 0 aromatic heterocycles. The van der Waals surface area contributed by atoms with E-state index in [9.17, 15) is 26.7 Å². The third-order valence-corrected chi connectivity index (χ3v) is 5.31. The standard InChI is InChI=1S/C15H12ClF3O5S/c1-23-9-3-4-12(11(7-9)24-2)25(21,22)13-6-8(16)5-10(20)14(13)15(17,18)19/h3-7,20H,1-2H3. The van der Waals surface area contributed by atoms with Crippen LogP contribution in [-0.2, 0) is 16.0 Å². The lowest BCUT2D eigenvalue weighted by Crippen LogP contribution is -2.14. The summed E-state index contributed by atoms with van der Waals surface area (Å²) in [6.45, 7) is 0. The number of methoxy groups -OCH3 is 2. The molecule has 10 heteroatoms. The summed E-state index contributed by atoms with van der Waals surface area (Å²) in [5.41, 5.74) is -1.70. The Kier molecular flexibility index (Phi) is 5.10. The summed E-state index contributed by atoms with van der Waals surface area (Å²) in [5.74, 6) is -1.25. The highest BCUT2D eigenvalue weighted by molar-refractivity contribution is 7.91. The van der Waals surface area contributed by atoms with Crippen LogP contribution in [0.15, 0.2) is 40.1 Å². The van der Waals surface area contributed by atoms with Crippen LogP contribution in [-0.4, -0.2) is 27.7 Å². The molecule has 1 N–H and O–H groups in total. The molecule has 0 aliphatic heterocycles. The highest BCUT2D eigenvalue weighted by atomic mass is 35.5. The van der Waals surface area contributed by atoms with E-state index in [1.165, 1.54) is 19.2 Å². The summed E-state index contributed by atoms with van der Waals surface area (Å²) in [4.78, 5) is -1.70. The Labute approximate surface area is 146 Å². The van der Waals surface area contributed by atoms with Gasteiger partial charge in [-0.25, -0.2) is 8.42 Å². The van der Waals surface area contributed by atoms with Crippen molar-refractivity contribution in [1.29, 1.82) is 0 Å². The number of alkyl halides is 3. The summed E-state index contributed by atoms with van der Waals surface area (Å²) in [7, 11) is -2.22. The topological polar surface area (TPSA) is 72.8 Å². The lowest BCUT2D eigenvalue weighted by molar-refractivity contribution is -0.141. The van der Waals surface area contributed by atoms with Crippen molar-refractivity contribution in [3.8, 4) is 17.2 Å². The first-order valence-electron chi connectivity index (χ1n) is 6.59. The second kappa shape index (κ2) is 6.64. The lowest BCUT2D eigenvalue weighted by atomic mass is 10.2. The fourth-order valence-electron chi connectivity index (χ4n) is 2.18. The molecule has 0 amide bonds. The Morgan fingerprint density at radius 2 is 1.68 bits per heavy atom. The van der Waals surface area contributed by atoms with Crippen LogP contribution >= 0.6 is 11.6 Å². The summed E-state index contributed by atoms with van der Waals surface area (Å²) >= 11 is 5.64. The molecule has 0 saturated carbocycles. The molecule has 0 aliphatic rings. The Morgan fingerprint density at radius 1 is 1.04 bits per heavy atom. The molecule has 25 heavy (non-hydrogen) atoms. The van der Waals surface area contributed by atoms with E-state index in [1.807, 2.05) is 0 Å². The number of hydrogen-bond donors (Lipinski definition) is 1. The average Bonchev–Trinajstić information content (AvgIpc) is 2.51. The first-order chi connectivity index (χ1) is 11.5. The number of halogens is 4. The molecular formula is C15H12ClF3O5S. The smallest absolute Gasteiger partial charge is 0.421 e. The molecule has 0 unspecified atom stereocenters. The zero-order chi connectivity index (χ0) is 19.0. The molecule has 0 fully saturated rings. The zero-order valence-corrected chi connectivity index (χ0v) is 14.5. The van der Waals surface area contributed by atoms with Crippen LogP contribution in [0.2, 0.25) is 5.02 Å². The second-order valence-corrected chi connectivity index (χ2v) is 7.14. The molecular weight excluding hydrogens is 385 g/mol. The van der Waals surface area contributed by atoms with Crippen LogP contribution in [0.5, 0.6) is 17.2 Å². The molecule has 0 atom stereocenters. The van der Waals surface area contributed by atoms with Gasteiger partial charge in [-0.2, -0.15) is 13.2 Å². The van der Waals surface area contributed by atoms with Crippen molar-refractivity contribution >= 4 is 21.4 Å². The van der Waals surface area contributed by atoms with Crippen molar-refractivity contribution in [3.05, 3.63) is 40.9 Å². The van der Waals surface area contributed by atoms with Gasteiger partial charge < -0.3 is 14.6 Å². The van der Waals surface area contributed by atoms with E-state index in [4.69, 9.17) is 21.1 Å². The molecule has 2 rings (SSSR count). The predicted molar refractivity (Wildman–Crippen MR) is 83.1 cm³/mol. The van der Waals surface area contributed by atoms with E-state index in [0.29, 0.717) is 12.1 Å². The molecule has 2 aromatic rings. The van der Waals surface area contributed by atoms with Crippen molar-refractivity contribution in [2.24, 2.45) is 0 Å². The summed E-state index contributed by atoms with van der Waals surface area (Å²) in [5, 5.41) is 9.24. The molecule has 0 spiro atoms. The van der Waals surface area contributed by atoms with Gasteiger partial charge in [-0.05, 0) is 24.3 Å². The number of rotatable bonds is 4. The first-order valence-corrected chi connectivity index (χ1v) is 8.45. The molecule has 0 saturated heterocycles. The van der Waals surface area contributed by atoms with Crippen molar-refractivity contribution in [2.75, 3.05) is 14.2 Å². The summed E-state index contributed by atoms with van der Waals surface area (Å²) in [6.07, 6.45) is -5.11. The van der Waals surface area contributed by atoms with E-state index in [0.717, 1.165) is 13.2 Å². The number of phenols is 1. The van der Waals surface area contributed by atoms with Crippen molar-refractivity contribution in [3.63, 3.8) is 0 Å². The summed E-state index contributed by atoms with van der Waals surface area (Å²) in [6, 6.07) is 4.76. The van der Waals surface area contributed by atoms with Gasteiger partial charge in [-0.1, -0.05) is 11.6 Å². The molecule has 0 heterocycles. The van der Waals surface area contributed by atoms with Gasteiger partial charge >= 0.3 is 6.18 Å². The molecule has 0 bridgehead atoms. The quantitative estimate of drug-likeness (QED) is 0.848. The van der Waals surface area contributed by atoms with E-state index in [1.54, 1.807) is 0 Å². The van der Waals surface area contributed by atoms with Crippen molar-refractivity contribution < 1.29 is 36.2 Å². The van der Waals surface area contributed by atoms with E-state index in [-0.39, 0.29) is 16.5 Å². The number of sulfone groups is 1. The predicted octanol–water partition coefficient (Wildman–Crippen LogP) is 3.91. The largest absolute Gasteiger partial charge is 0.507 e. The minimum atomic E-state index is -5.11. The monoisotopic (exact) mass is 396 g/mol. The van der Waals surface area contributed by atoms with Crippen LogP contribution in [0.3, 0.4) is 0 Å². The number of ether oxygens (including phenoxy) is 2. The fraction of sp³-hybridized carbons (Fsp3) is 0.200. The molecule has 0 aliphatic carbocycles. The molecule has 136 valence electrons. The fourth-order valence-corrected chi connectivity index (χ4v) is 4.12. The van der Waals surface area contributed by atoms with Crippen LogP contribution in [0.4, 0.5) is 13.2 Å². The third-order valence-electron chi connectivity index (χ3n) is 3.28. The third kappa shape index (κ3) is 3.62. The van der Waals surface area contributed by atoms with E-state index >= 15 is 0 Å². The van der Waals surface area contributed by atoms with E-state index < -0.39 is 37.1 Å². The maximum Gasteiger partial charge on any atom is 0.421 e. The van der Waals surface area contributed by atoms with Crippen molar-refractivity contribution in [1.82, 2.24) is 0 Å². The number of phenolic OH excluding ortho intramolecular Hbond substituents is 1. The van der Waals surface area contributed by atoms with Crippen LogP contribution in [0, 0.1) is 0 Å². The molecule has 5 nitrogen and oxygen atoms in total. The van der Waals surface area contributed by atoms with Gasteiger partial charge in [-0.3, -0.25) is 0 Å². The Morgan fingerprint density at radius 3 is 2.20 bits per heavy atom. The number of benzene rings is 2. The number of hydrogen-bond acceptors (Lipinski definition) is 5. The first kappa shape index (κ1) is 19.2. The minimum Gasteiger partial charge on any atom is -0.507 e. The van der Waals surface area contributed by atoms with E-state index in [2.05, 4.69) is 0 Å². The number of aromatic hydroxyl groups is 1. The Hall–Kier alpha value is -2.13. The van der Waals surface area contributed by atoms with Crippen LogP contribution in [0.1, 0.15) is 5.56 Å². The Balaban J connectivity index is 2.82. The highest BCUT2D eigenvalue weighted by Gasteiger charge is 2.41. The second-order valence-electron chi connectivity index (χ2n) is 4.82. The Bertz CT molecular complexity index is 910. The van der Waals surface area contributed by atoms with Gasteiger partial charge in [-0.15, -0.1) is 0 Å². The SMILES string of the molecule is COc1ccc(S(=O)(=O)c2cc(Cl)cc(O)c2C(F)(F)F)c(OC)c1. The van der Waals surface area contributed by atoms with Gasteiger partial charge in [0.05, 0.1) is 19.1 Å². The van der Waals surface area contributed by atoms with Gasteiger partial charge in [0.2, 0.25) is 9.84 Å². The average molecular weight is 397 g/mol. The normalized spacial score (nSPS) is 12.1. The summed E-state index contributed by atoms with van der Waals surface area (Å²) < 4.78 is 75.3. The van der Waals surface area contributed by atoms with Gasteiger partial charge in [0.1, 0.15) is 27.7 Å². The maximum absolute atomic E-state index is 13.3. The van der Waals surface area contributed by atoms with Gasteiger partial charge in [0.25, 0.3) is 0 Å².